The zero-order chi connectivity index (χ0) is 13.1. The van der Waals surface area contributed by atoms with Crippen molar-refractivity contribution in [1.82, 2.24) is 10.6 Å². The molecule has 0 spiro atoms. The molecule has 1 aliphatic heterocycles. The van der Waals surface area contributed by atoms with Crippen LogP contribution in [0.2, 0.25) is 0 Å². The van der Waals surface area contributed by atoms with Gasteiger partial charge in [0.1, 0.15) is 0 Å². The van der Waals surface area contributed by atoms with Crippen LogP contribution in [0.15, 0.2) is 0 Å². The van der Waals surface area contributed by atoms with Gasteiger partial charge in [0.05, 0.1) is 0 Å². The summed E-state index contributed by atoms with van der Waals surface area (Å²) in [6.45, 7) is 6.98. The first-order valence-electron chi connectivity index (χ1n) is 8.50. The summed E-state index contributed by atoms with van der Waals surface area (Å²) < 4.78 is 0. The van der Waals surface area contributed by atoms with E-state index in [4.69, 9.17) is 0 Å². The molecule has 19 heavy (non-hydrogen) atoms. The van der Waals surface area contributed by atoms with Crippen LogP contribution in [-0.4, -0.2) is 24.7 Å². The summed E-state index contributed by atoms with van der Waals surface area (Å²) in [6.07, 6.45) is 10.8. The van der Waals surface area contributed by atoms with Crippen molar-refractivity contribution >= 4 is 0 Å². The first kappa shape index (κ1) is 12.6. The molecule has 5 rings (SSSR count). The Morgan fingerprint density at radius 1 is 0.947 bits per heavy atom. The molecule has 2 heteroatoms. The van der Waals surface area contributed by atoms with Gasteiger partial charge in [-0.1, -0.05) is 0 Å². The van der Waals surface area contributed by atoms with Gasteiger partial charge in [0.2, 0.25) is 0 Å². The first-order valence-corrected chi connectivity index (χ1v) is 8.50. The third-order valence-corrected chi connectivity index (χ3v) is 6.40. The van der Waals surface area contributed by atoms with E-state index >= 15 is 0 Å². The lowest BCUT2D eigenvalue weighted by Gasteiger charge is -2.58. The summed E-state index contributed by atoms with van der Waals surface area (Å²) in [6, 6.07) is 0.708. The number of hydrogen-bond acceptors (Lipinski definition) is 2. The molecule has 0 radical (unpaired) electrons. The van der Waals surface area contributed by atoms with E-state index in [1.54, 1.807) is 38.5 Å². The Labute approximate surface area is 118 Å². The molecule has 0 amide bonds. The van der Waals surface area contributed by atoms with Crippen molar-refractivity contribution < 1.29 is 0 Å². The Hall–Kier alpha value is -0.0800. The number of rotatable bonds is 2. The summed E-state index contributed by atoms with van der Waals surface area (Å²) in [5, 5.41) is 7.55. The predicted molar refractivity (Wildman–Crippen MR) is 79.1 cm³/mol. The van der Waals surface area contributed by atoms with Crippen molar-refractivity contribution in [2.75, 3.05) is 13.1 Å². The molecule has 1 unspecified atom stereocenters. The Bertz CT molecular complexity index is 325. The molecule has 5 fully saturated rings. The number of nitrogens with one attached hydrogen (secondary N) is 2. The van der Waals surface area contributed by atoms with Crippen molar-refractivity contribution in [2.45, 2.75) is 70.4 Å². The minimum Gasteiger partial charge on any atom is -0.313 e. The summed E-state index contributed by atoms with van der Waals surface area (Å²) >= 11 is 0. The third-order valence-electron chi connectivity index (χ3n) is 6.40. The topological polar surface area (TPSA) is 24.1 Å². The van der Waals surface area contributed by atoms with Gasteiger partial charge in [-0.2, -0.15) is 0 Å². The lowest BCUT2D eigenvalue weighted by molar-refractivity contribution is -0.0641. The van der Waals surface area contributed by atoms with Crippen molar-refractivity contribution in [3.05, 3.63) is 0 Å². The molecule has 4 aliphatic carbocycles. The van der Waals surface area contributed by atoms with E-state index in [1.165, 1.54) is 13.0 Å². The van der Waals surface area contributed by atoms with Gasteiger partial charge < -0.3 is 10.6 Å². The largest absolute Gasteiger partial charge is 0.313 e. The molecule has 0 aromatic carbocycles. The average molecular weight is 262 g/mol. The quantitative estimate of drug-likeness (QED) is 0.799. The molecule has 2 N–H and O–H groups in total. The van der Waals surface area contributed by atoms with Crippen LogP contribution in [0.1, 0.15) is 58.8 Å². The van der Waals surface area contributed by atoms with Crippen molar-refractivity contribution in [3.8, 4) is 0 Å². The third kappa shape index (κ3) is 2.35. The van der Waals surface area contributed by atoms with Gasteiger partial charge in [0, 0.05) is 24.7 Å². The van der Waals surface area contributed by atoms with E-state index in [0.717, 1.165) is 29.7 Å². The second-order valence-corrected chi connectivity index (χ2v) is 8.98. The van der Waals surface area contributed by atoms with Gasteiger partial charge in [0.25, 0.3) is 0 Å². The highest BCUT2D eigenvalue weighted by Crippen LogP contribution is 2.61. The normalized spacial score (nSPS) is 51.5. The monoisotopic (exact) mass is 262 g/mol. The summed E-state index contributed by atoms with van der Waals surface area (Å²) in [7, 11) is 0. The minimum absolute atomic E-state index is 0.283. The fourth-order valence-corrected chi connectivity index (χ4v) is 6.40. The molecule has 1 saturated heterocycles. The molecular weight excluding hydrogens is 232 g/mol. The maximum atomic E-state index is 3.91. The Morgan fingerprint density at radius 3 is 2.05 bits per heavy atom. The van der Waals surface area contributed by atoms with Crippen LogP contribution in [0, 0.1) is 23.2 Å². The van der Waals surface area contributed by atoms with Crippen LogP contribution >= 0.6 is 0 Å². The molecule has 4 bridgehead atoms. The maximum absolute atomic E-state index is 3.91. The molecule has 0 aromatic heterocycles. The fraction of sp³-hybridized carbons (Fsp3) is 1.00. The van der Waals surface area contributed by atoms with Gasteiger partial charge in [-0.3, -0.25) is 0 Å². The van der Waals surface area contributed by atoms with E-state index in [9.17, 15) is 0 Å². The summed E-state index contributed by atoms with van der Waals surface area (Å²) in [4.78, 5) is 0. The SMILES string of the molecule is CC1(C)CNCC(CC23CC4CC(CC(C4)C2)C3)N1. The second kappa shape index (κ2) is 4.21. The van der Waals surface area contributed by atoms with Crippen molar-refractivity contribution in [3.63, 3.8) is 0 Å². The van der Waals surface area contributed by atoms with Gasteiger partial charge in [-0.05, 0) is 82.0 Å². The maximum Gasteiger partial charge on any atom is 0.0252 e. The van der Waals surface area contributed by atoms with Crippen LogP contribution in [-0.2, 0) is 0 Å². The Kier molecular flexibility index (Phi) is 2.80. The highest BCUT2D eigenvalue weighted by Gasteiger charge is 2.51. The molecule has 0 aromatic rings. The van der Waals surface area contributed by atoms with E-state index in [0.29, 0.717) is 6.04 Å². The van der Waals surface area contributed by atoms with E-state index < -0.39 is 0 Å². The van der Waals surface area contributed by atoms with Crippen LogP contribution in [0.25, 0.3) is 0 Å². The second-order valence-electron chi connectivity index (χ2n) is 8.98. The highest BCUT2D eigenvalue weighted by atomic mass is 15.1. The summed E-state index contributed by atoms with van der Waals surface area (Å²) in [5.41, 5.74) is 1.01. The summed E-state index contributed by atoms with van der Waals surface area (Å²) in [5.74, 6) is 3.28. The molecule has 4 saturated carbocycles. The average Bonchev–Trinajstić information content (AvgIpc) is 2.24. The molecule has 108 valence electrons. The van der Waals surface area contributed by atoms with Crippen LogP contribution in [0.4, 0.5) is 0 Å². The van der Waals surface area contributed by atoms with Crippen LogP contribution in [0.5, 0.6) is 0 Å². The first-order chi connectivity index (χ1) is 9.02. The van der Waals surface area contributed by atoms with E-state index in [-0.39, 0.29) is 5.54 Å². The van der Waals surface area contributed by atoms with E-state index in [2.05, 4.69) is 24.5 Å². The predicted octanol–water partition coefficient (Wildman–Crippen LogP) is 2.93. The van der Waals surface area contributed by atoms with Crippen molar-refractivity contribution in [1.29, 1.82) is 0 Å². The Balaban J connectivity index is 1.47. The standard InChI is InChI=1S/C17H30N2/c1-16(2)11-18-10-15(19-16)9-17-6-12-3-13(7-17)5-14(4-12)8-17/h12-15,18-19H,3-11H2,1-2H3. The highest BCUT2D eigenvalue weighted by molar-refractivity contribution is 5.04. The minimum atomic E-state index is 0.283. The lowest BCUT2D eigenvalue weighted by Crippen LogP contribution is -2.62. The van der Waals surface area contributed by atoms with Crippen LogP contribution in [0.3, 0.4) is 0 Å². The molecule has 1 atom stereocenters. The lowest BCUT2D eigenvalue weighted by atomic mass is 9.48. The van der Waals surface area contributed by atoms with Gasteiger partial charge in [-0.25, -0.2) is 0 Å². The number of piperazine rings is 1. The van der Waals surface area contributed by atoms with Gasteiger partial charge >= 0.3 is 0 Å². The van der Waals surface area contributed by atoms with E-state index in [1.807, 2.05) is 0 Å². The zero-order valence-electron chi connectivity index (χ0n) is 12.7. The molecule has 5 aliphatic rings. The number of hydrogen-bond donors (Lipinski definition) is 2. The van der Waals surface area contributed by atoms with Gasteiger partial charge in [-0.15, -0.1) is 0 Å². The van der Waals surface area contributed by atoms with Crippen molar-refractivity contribution in [2.24, 2.45) is 23.2 Å². The fourth-order valence-electron chi connectivity index (χ4n) is 6.40. The molecule has 2 nitrogen and oxygen atoms in total. The molecular formula is C17H30N2. The van der Waals surface area contributed by atoms with Crippen LogP contribution < -0.4 is 10.6 Å². The Morgan fingerprint density at radius 2 is 1.53 bits per heavy atom. The van der Waals surface area contributed by atoms with Gasteiger partial charge in [0.15, 0.2) is 0 Å². The molecule has 1 heterocycles. The smallest absolute Gasteiger partial charge is 0.0252 e. The zero-order valence-corrected chi connectivity index (χ0v) is 12.7.